The van der Waals surface area contributed by atoms with Gasteiger partial charge in [0, 0.05) is 36.7 Å². The average molecular weight is 415 g/mol. The number of anilines is 2. The predicted octanol–water partition coefficient (Wildman–Crippen LogP) is 5.60. The summed E-state index contributed by atoms with van der Waals surface area (Å²) in [4.78, 5) is 7.89. The third kappa shape index (κ3) is 4.25. The number of pyridine rings is 1. The van der Waals surface area contributed by atoms with Gasteiger partial charge in [-0.15, -0.1) is 0 Å². The molecule has 2 aliphatic rings. The summed E-state index contributed by atoms with van der Waals surface area (Å²) < 4.78 is 14.1. The summed E-state index contributed by atoms with van der Waals surface area (Å²) in [7, 11) is 0. The summed E-state index contributed by atoms with van der Waals surface area (Å²) in [5.41, 5.74) is 3.83. The third-order valence-corrected chi connectivity index (χ3v) is 5.86. The van der Waals surface area contributed by atoms with E-state index >= 15 is 0 Å². The summed E-state index contributed by atoms with van der Waals surface area (Å²) in [6.07, 6.45) is 8.02. The molecule has 1 aliphatic carbocycles. The molecule has 0 unspecified atom stereocenters. The van der Waals surface area contributed by atoms with Gasteiger partial charge in [-0.05, 0) is 56.7 Å². The summed E-state index contributed by atoms with van der Waals surface area (Å²) in [6.45, 7) is 8.72. The summed E-state index contributed by atoms with van der Waals surface area (Å²) in [5.74, 6) is 2.26. The second-order valence-electron chi connectivity index (χ2n) is 7.99. The van der Waals surface area contributed by atoms with E-state index in [4.69, 9.17) is 21.1 Å². The van der Waals surface area contributed by atoms with E-state index in [2.05, 4.69) is 19.8 Å². The molecule has 1 saturated heterocycles. The van der Waals surface area contributed by atoms with Crippen LogP contribution in [0.5, 0.6) is 11.6 Å². The normalized spacial score (nSPS) is 16.4. The average Bonchev–Trinajstić information content (AvgIpc) is 3.18. The smallest absolute Gasteiger partial charge is 0.221 e. The molecule has 1 aromatic carbocycles. The highest BCUT2D eigenvalue weighted by atomic mass is 16.5. The van der Waals surface area contributed by atoms with Crippen LogP contribution in [-0.4, -0.2) is 28.0 Å². The Hall–Kier alpha value is -3.37. The van der Waals surface area contributed by atoms with Crippen LogP contribution >= 0.6 is 0 Å². The van der Waals surface area contributed by atoms with Gasteiger partial charge < -0.3 is 14.8 Å². The molecule has 3 aromatic rings. The number of benzene rings is 1. The van der Waals surface area contributed by atoms with Crippen molar-refractivity contribution >= 4 is 17.2 Å². The lowest BCUT2D eigenvalue weighted by Crippen LogP contribution is -2.21. The van der Waals surface area contributed by atoms with Gasteiger partial charge in [0.15, 0.2) is 5.69 Å². The Morgan fingerprint density at radius 3 is 2.87 bits per heavy atom. The van der Waals surface area contributed by atoms with Gasteiger partial charge in [-0.1, -0.05) is 12.1 Å². The maximum Gasteiger partial charge on any atom is 0.221 e. The summed E-state index contributed by atoms with van der Waals surface area (Å²) >= 11 is 0. The lowest BCUT2D eigenvalue weighted by Gasteiger charge is -2.24. The van der Waals surface area contributed by atoms with Crippen LogP contribution in [0.25, 0.3) is 4.85 Å². The molecule has 2 aromatic heterocycles. The molecule has 31 heavy (non-hydrogen) atoms. The first-order valence-electron chi connectivity index (χ1n) is 10.9. The maximum atomic E-state index is 7.19. The first kappa shape index (κ1) is 19.6. The van der Waals surface area contributed by atoms with Crippen LogP contribution in [0.3, 0.4) is 0 Å². The number of aromatic nitrogens is 3. The molecule has 3 heterocycles. The molecular weight excluding hydrogens is 390 g/mol. The van der Waals surface area contributed by atoms with Gasteiger partial charge in [0.25, 0.3) is 0 Å². The number of fused-ring (bicyclic) bond motifs is 1. The number of rotatable bonds is 5. The van der Waals surface area contributed by atoms with E-state index in [1.165, 1.54) is 24.1 Å². The molecule has 0 saturated carbocycles. The zero-order valence-corrected chi connectivity index (χ0v) is 17.4. The summed E-state index contributed by atoms with van der Waals surface area (Å²) in [5, 5.41) is 8.22. The van der Waals surface area contributed by atoms with Crippen molar-refractivity contribution in [2.45, 2.75) is 44.6 Å². The number of ether oxygens (including phenoxy) is 2. The van der Waals surface area contributed by atoms with Crippen LogP contribution in [0.2, 0.25) is 0 Å². The molecular formula is C24H25N5O2. The van der Waals surface area contributed by atoms with Crippen LogP contribution in [-0.2, 0) is 17.6 Å². The van der Waals surface area contributed by atoms with E-state index in [1.54, 1.807) is 18.3 Å². The molecule has 1 fully saturated rings. The minimum atomic E-state index is 0.310. The zero-order valence-electron chi connectivity index (χ0n) is 17.4. The Labute approximate surface area is 181 Å². The first-order chi connectivity index (χ1) is 15.3. The zero-order chi connectivity index (χ0) is 21.0. The van der Waals surface area contributed by atoms with E-state index in [0.717, 1.165) is 56.2 Å². The molecule has 158 valence electrons. The molecule has 1 aliphatic heterocycles. The van der Waals surface area contributed by atoms with Crippen molar-refractivity contribution < 1.29 is 9.47 Å². The van der Waals surface area contributed by atoms with Gasteiger partial charge in [0.05, 0.1) is 18.3 Å². The Bertz CT molecular complexity index is 1110. The minimum Gasteiger partial charge on any atom is -0.439 e. The largest absolute Gasteiger partial charge is 0.439 e. The number of nitrogens with one attached hydrogen (secondary N) is 1. The predicted molar refractivity (Wildman–Crippen MR) is 118 cm³/mol. The Balaban J connectivity index is 1.42. The molecule has 1 N–H and O–H groups in total. The minimum absolute atomic E-state index is 0.310. The van der Waals surface area contributed by atoms with Crippen LogP contribution in [0.1, 0.15) is 43.0 Å². The lowest BCUT2D eigenvalue weighted by molar-refractivity contribution is 0.0641. The van der Waals surface area contributed by atoms with Gasteiger partial charge in [0.2, 0.25) is 5.88 Å². The molecule has 0 bridgehead atoms. The SMILES string of the molecule is [C-]#[N+]c1cccc(Nc2cc(Oc3c4c(nn3C3CCOCC3)CCCC4)ccn2)c1. The highest BCUT2D eigenvalue weighted by Gasteiger charge is 2.27. The molecule has 0 spiro atoms. The summed E-state index contributed by atoms with van der Waals surface area (Å²) in [6, 6.07) is 11.4. The van der Waals surface area contributed by atoms with Crippen LogP contribution in [0.15, 0.2) is 42.6 Å². The molecule has 0 atom stereocenters. The van der Waals surface area contributed by atoms with Crippen molar-refractivity contribution in [2.75, 3.05) is 18.5 Å². The lowest BCUT2D eigenvalue weighted by atomic mass is 9.98. The van der Waals surface area contributed by atoms with Gasteiger partial charge in [-0.2, -0.15) is 5.10 Å². The first-order valence-corrected chi connectivity index (χ1v) is 10.9. The van der Waals surface area contributed by atoms with Crippen molar-refractivity contribution in [3.63, 3.8) is 0 Å². The van der Waals surface area contributed by atoms with Crippen molar-refractivity contribution in [3.05, 3.63) is 65.3 Å². The van der Waals surface area contributed by atoms with Crippen molar-refractivity contribution in [3.8, 4) is 11.6 Å². The second kappa shape index (κ2) is 8.78. The molecule has 0 radical (unpaired) electrons. The van der Waals surface area contributed by atoms with Gasteiger partial charge >= 0.3 is 0 Å². The fourth-order valence-corrected chi connectivity index (χ4v) is 4.29. The number of hydrogen-bond donors (Lipinski definition) is 1. The van der Waals surface area contributed by atoms with Crippen LogP contribution in [0.4, 0.5) is 17.2 Å². The standard InChI is InChI=1S/C24H25N5O2/c1-25-17-5-4-6-18(15-17)27-23-16-20(9-12-26-23)31-24-21-7-2-3-8-22(21)28-29(24)19-10-13-30-14-11-19/h4-6,9,12,15-16,19H,2-3,7-8,10-11,13-14H2,(H,26,27). The Morgan fingerprint density at radius 2 is 2.00 bits per heavy atom. The Morgan fingerprint density at radius 1 is 1.13 bits per heavy atom. The Kier molecular flexibility index (Phi) is 5.55. The van der Waals surface area contributed by atoms with E-state index in [-0.39, 0.29) is 0 Å². The second-order valence-corrected chi connectivity index (χ2v) is 7.99. The monoisotopic (exact) mass is 415 g/mol. The fourth-order valence-electron chi connectivity index (χ4n) is 4.29. The molecule has 5 rings (SSSR count). The van der Waals surface area contributed by atoms with Gasteiger partial charge in [-0.25, -0.2) is 14.5 Å². The van der Waals surface area contributed by atoms with Crippen molar-refractivity contribution in [1.82, 2.24) is 14.8 Å². The maximum absolute atomic E-state index is 7.19. The topological polar surface area (TPSA) is 65.6 Å². The van der Waals surface area contributed by atoms with Crippen molar-refractivity contribution in [2.24, 2.45) is 0 Å². The van der Waals surface area contributed by atoms with E-state index in [9.17, 15) is 0 Å². The van der Waals surface area contributed by atoms with E-state index in [1.807, 2.05) is 24.3 Å². The third-order valence-electron chi connectivity index (χ3n) is 5.86. The molecule has 7 heteroatoms. The highest BCUT2D eigenvalue weighted by Crippen LogP contribution is 2.37. The van der Waals surface area contributed by atoms with Crippen molar-refractivity contribution in [1.29, 1.82) is 0 Å². The number of nitrogens with zero attached hydrogens (tertiary/aromatic N) is 4. The van der Waals surface area contributed by atoms with E-state index < -0.39 is 0 Å². The van der Waals surface area contributed by atoms with Crippen LogP contribution in [0, 0.1) is 6.57 Å². The highest BCUT2D eigenvalue weighted by molar-refractivity contribution is 5.63. The fraction of sp³-hybridized carbons (Fsp3) is 0.375. The van der Waals surface area contributed by atoms with E-state index in [0.29, 0.717) is 17.5 Å². The molecule has 7 nitrogen and oxygen atoms in total. The molecule has 0 amide bonds. The van der Waals surface area contributed by atoms with Crippen LogP contribution < -0.4 is 10.1 Å². The van der Waals surface area contributed by atoms with Gasteiger partial charge in [-0.3, -0.25) is 0 Å². The van der Waals surface area contributed by atoms with Gasteiger partial charge in [0.1, 0.15) is 11.6 Å². The number of aryl methyl sites for hydroxylation is 1. The quantitative estimate of drug-likeness (QED) is 0.550. The number of hydrogen-bond acceptors (Lipinski definition) is 5.